The average molecular weight is 256 g/mol. The van der Waals surface area contributed by atoms with Crippen molar-refractivity contribution in [1.29, 1.82) is 0 Å². The number of aliphatic hydroxyl groups excluding tert-OH is 1. The van der Waals surface area contributed by atoms with Gasteiger partial charge in [-0.1, -0.05) is 30.7 Å². The van der Waals surface area contributed by atoms with E-state index in [1.807, 2.05) is 31.2 Å². The molecule has 1 aromatic carbocycles. The second kappa shape index (κ2) is 7.00. The number of hydrogen-bond acceptors (Lipinski definition) is 2. The van der Waals surface area contributed by atoms with Gasteiger partial charge in [0.1, 0.15) is 0 Å². The van der Waals surface area contributed by atoms with E-state index in [0.717, 1.165) is 18.0 Å². The molecule has 2 nitrogen and oxygen atoms in total. The van der Waals surface area contributed by atoms with Crippen LogP contribution in [0.15, 0.2) is 24.3 Å². The molecule has 0 aliphatic heterocycles. The molecule has 0 amide bonds. The van der Waals surface area contributed by atoms with Crippen LogP contribution in [0, 0.1) is 5.92 Å². The Bertz CT molecular complexity index is 323. The molecule has 1 aromatic rings. The highest BCUT2D eigenvalue weighted by Gasteiger charge is 2.09. The SMILES string of the molecule is C[C@@H](CN[C@@H](C)c1ccc(Cl)cc1)C[C@H](C)O. The van der Waals surface area contributed by atoms with Gasteiger partial charge in [-0.05, 0) is 50.4 Å². The van der Waals surface area contributed by atoms with Crippen molar-refractivity contribution in [2.75, 3.05) is 6.54 Å². The molecule has 0 spiro atoms. The van der Waals surface area contributed by atoms with Gasteiger partial charge < -0.3 is 10.4 Å². The summed E-state index contributed by atoms with van der Waals surface area (Å²) in [4.78, 5) is 0. The minimum Gasteiger partial charge on any atom is -0.393 e. The molecule has 0 unspecified atom stereocenters. The van der Waals surface area contributed by atoms with Gasteiger partial charge in [-0.25, -0.2) is 0 Å². The second-order valence-electron chi connectivity index (χ2n) is 4.87. The van der Waals surface area contributed by atoms with Crippen molar-refractivity contribution in [1.82, 2.24) is 5.32 Å². The lowest BCUT2D eigenvalue weighted by Gasteiger charge is -2.19. The Labute approximate surface area is 109 Å². The second-order valence-corrected chi connectivity index (χ2v) is 5.31. The number of halogens is 1. The first-order chi connectivity index (χ1) is 7.99. The molecule has 3 atom stereocenters. The van der Waals surface area contributed by atoms with Crippen LogP contribution in [-0.4, -0.2) is 17.8 Å². The average Bonchev–Trinajstić information content (AvgIpc) is 2.26. The summed E-state index contributed by atoms with van der Waals surface area (Å²) in [5, 5.41) is 13.5. The van der Waals surface area contributed by atoms with Crippen molar-refractivity contribution < 1.29 is 5.11 Å². The van der Waals surface area contributed by atoms with E-state index in [4.69, 9.17) is 11.6 Å². The van der Waals surface area contributed by atoms with E-state index in [0.29, 0.717) is 12.0 Å². The fourth-order valence-electron chi connectivity index (χ4n) is 1.91. The van der Waals surface area contributed by atoms with Crippen molar-refractivity contribution >= 4 is 11.6 Å². The Balaban J connectivity index is 2.39. The van der Waals surface area contributed by atoms with Crippen LogP contribution in [0.5, 0.6) is 0 Å². The molecule has 0 aliphatic carbocycles. The van der Waals surface area contributed by atoms with Crippen molar-refractivity contribution in [3.8, 4) is 0 Å². The summed E-state index contributed by atoms with van der Waals surface area (Å²) in [7, 11) is 0. The lowest BCUT2D eigenvalue weighted by Crippen LogP contribution is -2.26. The molecule has 0 fully saturated rings. The van der Waals surface area contributed by atoms with E-state index in [1.165, 1.54) is 5.56 Å². The quantitative estimate of drug-likeness (QED) is 0.817. The van der Waals surface area contributed by atoms with E-state index < -0.39 is 0 Å². The number of benzene rings is 1. The van der Waals surface area contributed by atoms with E-state index in [2.05, 4.69) is 19.2 Å². The Hall–Kier alpha value is -0.570. The van der Waals surface area contributed by atoms with Crippen LogP contribution in [0.3, 0.4) is 0 Å². The molecule has 0 aliphatic rings. The zero-order valence-corrected chi connectivity index (χ0v) is 11.5. The number of hydrogen-bond donors (Lipinski definition) is 2. The summed E-state index contributed by atoms with van der Waals surface area (Å²) < 4.78 is 0. The molecule has 0 aromatic heterocycles. The monoisotopic (exact) mass is 255 g/mol. The first kappa shape index (κ1) is 14.5. The van der Waals surface area contributed by atoms with Gasteiger partial charge in [0.25, 0.3) is 0 Å². The topological polar surface area (TPSA) is 32.3 Å². The summed E-state index contributed by atoms with van der Waals surface area (Å²) in [6.07, 6.45) is 0.609. The minimum absolute atomic E-state index is 0.224. The van der Waals surface area contributed by atoms with E-state index in [-0.39, 0.29) is 6.10 Å². The Morgan fingerprint density at radius 3 is 2.29 bits per heavy atom. The third-order valence-electron chi connectivity index (χ3n) is 2.89. The highest BCUT2D eigenvalue weighted by Crippen LogP contribution is 2.16. The fraction of sp³-hybridized carbons (Fsp3) is 0.571. The van der Waals surface area contributed by atoms with Crippen LogP contribution in [0.1, 0.15) is 38.8 Å². The summed E-state index contributed by atoms with van der Waals surface area (Å²) >= 11 is 5.85. The predicted molar refractivity (Wildman–Crippen MR) is 73.3 cm³/mol. The molecule has 0 heterocycles. The zero-order valence-electron chi connectivity index (χ0n) is 10.8. The van der Waals surface area contributed by atoms with E-state index >= 15 is 0 Å². The molecular weight excluding hydrogens is 234 g/mol. The Kier molecular flexibility index (Phi) is 5.96. The van der Waals surface area contributed by atoms with E-state index in [1.54, 1.807) is 0 Å². The first-order valence-electron chi connectivity index (χ1n) is 6.16. The zero-order chi connectivity index (χ0) is 12.8. The smallest absolute Gasteiger partial charge is 0.0515 e. The molecule has 0 radical (unpaired) electrons. The lowest BCUT2D eigenvalue weighted by atomic mass is 10.0. The van der Waals surface area contributed by atoms with Crippen molar-refractivity contribution in [3.63, 3.8) is 0 Å². The summed E-state index contributed by atoms with van der Waals surface area (Å²) in [5.41, 5.74) is 1.23. The van der Waals surface area contributed by atoms with Gasteiger partial charge in [0, 0.05) is 11.1 Å². The van der Waals surface area contributed by atoms with Crippen molar-refractivity contribution in [2.24, 2.45) is 5.92 Å². The molecule has 1 rings (SSSR count). The summed E-state index contributed by atoms with van der Waals surface area (Å²) in [6, 6.07) is 8.21. The van der Waals surface area contributed by atoms with Gasteiger partial charge in [0.15, 0.2) is 0 Å². The van der Waals surface area contributed by atoms with Crippen LogP contribution < -0.4 is 5.32 Å². The Morgan fingerprint density at radius 2 is 1.76 bits per heavy atom. The van der Waals surface area contributed by atoms with Crippen LogP contribution >= 0.6 is 11.6 Å². The molecule has 3 heteroatoms. The number of aliphatic hydroxyl groups is 1. The largest absolute Gasteiger partial charge is 0.393 e. The highest BCUT2D eigenvalue weighted by molar-refractivity contribution is 6.30. The Morgan fingerprint density at radius 1 is 1.18 bits per heavy atom. The van der Waals surface area contributed by atoms with Crippen LogP contribution in [0.2, 0.25) is 5.02 Å². The molecule has 2 N–H and O–H groups in total. The molecule has 0 saturated carbocycles. The maximum atomic E-state index is 9.29. The standard InChI is InChI=1S/C14H22ClNO/c1-10(8-11(2)17)9-16-12(3)13-4-6-14(15)7-5-13/h4-7,10-12,16-17H,8-9H2,1-3H3/t10-,11+,12+/m1/s1. The number of rotatable bonds is 6. The first-order valence-corrected chi connectivity index (χ1v) is 6.53. The molecular formula is C14H22ClNO. The van der Waals surface area contributed by atoms with Gasteiger partial charge in [-0.2, -0.15) is 0 Å². The molecule has 0 bridgehead atoms. The van der Waals surface area contributed by atoms with Gasteiger partial charge >= 0.3 is 0 Å². The minimum atomic E-state index is -0.224. The summed E-state index contributed by atoms with van der Waals surface area (Å²) in [6.45, 7) is 7.03. The lowest BCUT2D eigenvalue weighted by molar-refractivity contribution is 0.162. The number of nitrogens with one attached hydrogen (secondary N) is 1. The fourth-order valence-corrected chi connectivity index (χ4v) is 2.04. The van der Waals surface area contributed by atoms with Crippen LogP contribution in [-0.2, 0) is 0 Å². The van der Waals surface area contributed by atoms with Crippen LogP contribution in [0.25, 0.3) is 0 Å². The maximum Gasteiger partial charge on any atom is 0.0515 e. The highest BCUT2D eigenvalue weighted by atomic mass is 35.5. The summed E-state index contributed by atoms with van der Waals surface area (Å²) in [5.74, 6) is 0.477. The van der Waals surface area contributed by atoms with E-state index in [9.17, 15) is 5.11 Å². The molecule has 0 saturated heterocycles. The molecule has 17 heavy (non-hydrogen) atoms. The molecule has 96 valence electrons. The third-order valence-corrected chi connectivity index (χ3v) is 3.14. The van der Waals surface area contributed by atoms with Gasteiger partial charge in [0.05, 0.1) is 6.10 Å². The maximum absolute atomic E-state index is 9.29. The van der Waals surface area contributed by atoms with Gasteiger partial charge in [-0.3, -0.25) is 0 Å². The predicted octanol–water partition coefficient (Wildman–Crippen LogP) is 3.40. The van der Waals surface area contributed by atoms with Gasteiger partial charge in [0.2, 0.25) is 0 Å². The van der Waals surface area contributed by atoms with Crippen molar-refractivity contribution in [3.05, 3.63) is 34.9 Å². The van der Waals surface area contributed by atoms with Gasteiger partial charge in [-0.15, -0.1) is 0 Å². The normalized spacial score (nSPS) is 16.5. The third kappa shape index (κ3) is 5.53. The van der Waals surface area contributed by atoms with Crippen molar-refractivity contribution in [2.45, 2.75) is 39.3 Å². The van der Waals surface area contributed by atoms with Crippen LogP contribution in [0.4, 0.5) is 0 Å².